The Labute approximate surface area is 475 Å². The molecule has 2 aromatic heterocycles. The van der Waals surface area contributed by atoms with Gasteiger partial charge in [-0.2, -0.15) is 0 Å². The number of fused-ring (bicyclic) bond motifs is 2. The van der Waals surface area contributed by atoms with Crippen molar-refractivity contribution in [2.45, 2.75) is 140 Å². The number of ether oxygens (including phenoxy) is 4. The van der Waals surface area contributed by atoms with Crippen molar-refractivity contribution in [1.29, 1.82) is 0 Å². The summed E-state index contributed by atoms with van der Waals surface area (Å²) in [7, 11) is -0.331. The fourth-order valence-corrected chi connectivity index (χ4v) is 10.6. The summed E-state index contributed by atoms with van der Waals surface area (Å²) in [5.41, 5.74) is 5.54. The van der Waals surface area contributed by atoms with Crippen molar-refractivity contribution in [2.75, 3.05) is 10.6 Å². The number of hydrogen-bond acceptors (Lipinski definition) is 12. The molecule has 16 nitrogen and oxygen atoms in total. The molecule has 3 saturated heterocycles. The van der Waals surface area contributed by atoms with Crippen LogP contribution in [0.1, 0.15) is 125 Å². The van der Waals surface area contributed by atoms with Crippen molar-refractivity contribution >= 4 is 59.4 Å². The third-order valence-corrected chi connectivity index (χ3v) is 16.7. The molecule has 6 aromatic rings. The number of carbonyl (C=O) groups excluding carboxylic acids is 4. The summed E-state index contributed by atoms with van der Waals surface area (Å²) >= 11 is 5.97. The highest BCUT2D eigenvalue weighted by molar-refractivity contribution is 6.62. The number of aromatic nitrogens is 2. The second kappa shape index (κ2) is 20.9. The Bertz CT molecular complexity index is 3510. The van der Waals surface area contributed by atoms with Gasteiger partial charge in [0.1, 0.15) is 16.8 Å². The molecule has 7 heterocycles. The molecule has 0 radical (unpaired) electrons. The SMILES string of the molecule is CC1(C)OB(c2ccc(C3CCC(=O)N3)cc2)OC1(C)C.Cc1ccc(NC(=O)C2(c3ccc4c(c3)OC(F)(F)O4)CC2)nc1-c1ccc(C2CCC(=O)N2)cc1.Cc1ccc(NC(=O)C2(c3ccc4c(c3)OC(F)(F)O4)CC2)nc1Cl. The molecule has 2 unspecified atom stereocenters. The lowest BCUT2D eigenvalue weighted by molar-refractivity contribution is -0.287. The molecule has 5 aliphatic heterocycles. The number of halogens is 5. The molecule has 4 N–H and O–H groups in total. The van der Waals surface area contributed by atoms with Crippen LogP contribution < -0.4 is 45.7 Å². The fraction of sp³-hybridized carbons (Fsp3) is 0.367. The average molecular weight is 1150 g/mol. The summed E-state index contributed by atoms with van der Waals surface area (Å²) in [6, 6.07) is 32.2. The van der Waals surface area contributed by atoms with Crippen molar-refractivity contribution in [3.63, 3.8) is 0 Å². The van der Waals surface area contributed by atoms with Crippen LogP contribution in [-0.4, -0.2) is 64.5 Å². The van der Waals surface area contributed by atoms with Gasteiger partial charge in [0.15, 0.2) is 23.0 Å². The van der Waals surface area contributed by atoms with Gasteiger partial charge in [0.05, 0.1) is 39.8 Å². The third kappa shape index (κ3) is 11.4. The number of nitrogens with zero attached hydrogens (tertiary/aromatic N) is 2. The summed E-state index contributed by atoms with van der Waals surface area (Å²) in [4.78, 5) is 57.6. The normalized spacial score (nSPS) is 21.7. The maximum absolute atomic E-state index is 13.4. The molecular formula is C60H58BClF4N6O10. The van der Waals surface area contributed by atoms with Crippen molar-refractivity contribution < 1.29 is 65.0 Å². The lowest BCUT2D eigenvalue weighted by atomic mass is 9.78. The van der Waals surface area contributed by atoms with Gasteiger partial charge in [0.2, 0.25) is 23.6 Å². The first-order valence-corrected chi connectivity index (χ1v) is 27.4. The van der Waals surface area contributed by atoms with Crippen LogP contribution in [0.25, 0.3) is 11.3 Å². The molecule has 13 rings (SSSR count). The van der Waals surface area contributed by atoms with E-state index in [0.29, 0.717) is 66.4 Å². The van der Waals surface area contributed by atoms with E-state index < -0.39 is 23.4 Å². The first-order valence-electron chi connectivity index (χ1n) is 27.0. The summed E-state index contributed by atoms with van der Waals surface area (Å²) in [6.45, 7) is 12.0. The quantitative estimate of drug-likeness (QED) is 0.0576. The van der Waals surface area contributed by atoms with Crippen LogP contribution in [0.5, 0.6) is 23.0 Å². The number of aryl methyl sites for hydroxylation is 2. The number of hydrogen-bond donors (Lipinski definition) is 4. The smallest absolute Gasteiger partial charge is 0.399 e. The van der Waals surface area contributed by atoms with Crippen LogP contribution in [-0.2, 0) is 39.3 Å². The number of carbonyl (C=O) groups is 4. The predicted molar refractivity (Wildman–Crippen MR) is 295 cm³/mol. The Morgan fingerprint density at radius 2 is 1.00 bits per heavy atom. The van der Waals surface area contributed by atoms with E-state index >= 15 is 0 Å². The zero-order valence-corrected chi connectivity index (χ0v) is 46.4. The van der Waals surface area contributed by atoms with Gasteiger partial charge >= 0.3 is 19.7 Å². The maximum atomic E-state index is 13.4. The summed E-state index contributed by atoms with van der Waals surface area (Å²) in [5, 5.41) is 11.9. The van der Waals surface area contributed by atoms with Gasteiger partial charge < -0.3 is 49.5 Å². The largest absolute Gasteiger partial charge is 0.586 e. The molecule has 2 aliphatic carbocycles. The summed E-state index contributed by atoms with van der Waals surface area (Å²) < 4.78 is 83.1. The number of anilines is 2. The number of nitrogens with one attached hydrogen (secondary N) is 4. The van der Waals surface area contributed by atoms with Crippen molar-refractivity contribution in [1.82, 2.24) is 20.6 Å². The van der Waals surface area contributed by atoms with E-state index in [4.69, 9.17) is 20.9 Å². The number of alkyl halides is 4. The minimum Gasteiger partial charge on any atom is -0.399 e. The average Bonchev–Trinajstić information content (AvgIpc) is 3.87. The maximum Gasteiger partial charge on any atom is 0.586 e. The van der Waals surface area contributed by atoms with E-state index in [2.05, 4.69) is 90.0 Å². The predicted octanol–water partition coefficient (Wildman–Crippen LogP) is 11.0. The van der Waals surface area contributed by atoms with Crippen LogP contribution in [0.3, 0.4) is 0 Å². The lowest BCUT2D eigenvalue weighted by Gasteiger charge is -2.32. The molecule has 4 aromatic carbocycles. The van der Waals surface area contributed by atoms with Gasteiger partial charge in [-0.05, 0) is 155 Å². The molecule has 5 fully saturated rings. The van der Waals surface area contributed by atoms with Crippen LogP contribution in [0.15, 0.2) is 109 Å². The highest BCUT2D eigenvalue weighted by Gasteiger charge is 2.55. The standard InChI is InChI=1S/C27H23F2N3O4.C17H13ClF2N2O3.C16H22BNO3/c1-15-2-10-22(31-24(15)17-5-3-16(4-6-17)19-8-11-23(33)30-19)32-25(34)26(12-13-26)18-7-9-20-21(14-18)36-27(28,29)35-20;1-9-2-5-13(21-14(9)18)22-15(23)16(6-7-16)10-3-4-11-12(8-10)25-17(19,20)24-11;1-15(2)16(3,4)21-17(20-15)12-7-5-11(6-8-12)13-9-10-14(19)18-13/h2-7,9-10,14,19H,8,11-13H2,1H3,(H,30,33)(H,31,32,34);2-5,8H,6-7H2,1H3,(H,21,22,23);5-8,13H,9-10H2,1-4H3,(H,18,19). The Morgan fingerprint density at radius 1 is 0.573 bits per heavy atom. The van der Waals surface area contributed by atoms with E-state index in [1.165, 1.54) is 24.3 Å². The van der Waals surface area contributed by atoms with Crippen LogP contribution in [0.4, 0.5) is 29.2 Å². The van der Waals surface area contributed by atoms with Gasteiger partial charge in [-0.15, -0.1) is 17.6 Å². The molecule has 426 valence electrons. The molecular weight excluding hydrogens is 1090 g/mol. The molecule has 2 atom stereocenters. The highest BCUT2D eigenvalue weighted by Crippen LogP contribution is 2.54. The number of amides is 4. The zero-order valence-electron chi connectivity index (χ0n) is 45.6. The van der Waals surface area contributed by atoms with E-state index in [9.17, 15) is 36.7 Å². The van der Waals surface area contributed by atoms with Crippen molar-refractivity contribution in [3.05, 3.63) is 148 Å². The molecule has 0 bridgehead atoms. The Hall–Kier alpha value is -7.75. The van der Waals surface area contributed by atoms with Gasteiger partial charge in [0, 0.05) is 18.4 Å². The molecule has 82 heavy (non-hydrogen) atoms. The Balaban J connectivity index is 0.000000135. The van der Waals surface area contributed by atoms with Gasteiger partial charge in [-0.1, -0.05) is 84.4 Å². The first kappa shape index (κ1) is 56.1. The van der Waals surface area contributed by atoms with Gasteiger partial charge in [0.25, 0.3) is 0 Å². The Kier molecular flexibility index (Phi) is 14.3. The number of pyridine rings is 2. The van der Waals surface area contributed by atoms with Crippen molar-refractivity contribution in [3.8, 4) is 34.3 Å². The van der Waals surface area contributed by atoms with E-state index in [1.54, 1.807) is 30.3 Å². The highest BCUT2D eigenvalue weighted by atomic mass is 35.5. The first-order chi connectivity index (χ1) is 38.8. The van der Waals surface area contributed by atoms with E-state index in [1.807, 2.05) is 56.3 Å². The lowest BCUT2D eigenvalue weighted by Crippen LogP contribution is -2.41. The van der Waals surface area contributed by atoms with Gasteiger partial charge in [-0.25, -0.2) is 9.97 Å². The molecule has 4 amide bonds. The van der Waals surface area contributed by atoms with Crippen LogP contribution in [0, 0.1) is 13.8 Å². The second-order valence-electron chi connectivity index (χ2n) is 22.6. The molecule has 22 heteroatoms. The zero-order chi connectivity index (χ0) is 58.1. The van der Waals surface area contributed by atoms with E-state index in [0.717, 1.165) is 51.8 Å². The minimum atomic E-state index is -3.70. The van der Waals surface area contributed by atoms with Crippen LogP contribution >= 0.6 is 11.6 Å². The number of rotatable bonds is 10. The van der Waals surface area contributed by atoms with Crippen molar-refractivity contribution in [2.24, 2.45) is 0 Å². The topological polar surface area (TPSA) is 198 Å². The minimum absolute atomic E-state index is 0.0309. The Morgan fingerprint density at radius 3 is 1.43 bits per heavy atom. The van der Waals surface area contributed by atoms with Gasteiger partial charge in [-0.3, -0.25) is 19.2 Å². The molecule has 2 saturated carbocycles. The van der Waals surface area contributed by atoms with Crippen LogP contribution in [0.2, 0.25) is 5.15 Å². The second-order valence-corrected chi connectivity index (χ2v) is 22.9. The fourth-order valence-electron chi connectivity index (χ4n) is 10.4. The third-order valence-electron chi connectivity index (χ3n) is 16.3. The number of benzene rings is 4. The monoisotopic (exact) mass is 1140 g/mol. The molecule has 7 aliphatic rings. The summed E-state index contributed by atoms with van der Waals surface area (Å²) in [5.74, 6) is 0.208. The summed E-state index contributed by atoms with van der Waals surface area (Å²) in [6.07, 6.45) is -2.19. The molecule has 0 spiro atoms. The van der Waals surface area contributed by atoms with E-state index in [-0.39, 0.29) is 77.0 Å².